The van der Waals surface area contributed by atoms with Crippen molar-refractivity contribution in [2.24, 2.45) is 5.92 Å². The molecule has 116 valence electrons. The molecule has 1 aliphatic carbocycles. The smallest absolute Gasteiger partial charge is 0.223 e. The van der Waals surface area contributed by atoms with Crippen molar-refractivity contribution in [1.82, 2.24) is 16.0 Å². The second-order valence-corrected chi connectivity index (χ2v) is 5.76. The fourth-order valence-corrected chi connectivity index (χ4v) is 2.62. The van der Waals surface area contributed by atoms with Crippen LogP contribution in [0.25, 0.3) is 0 Å². The minimum Gasteiger partial charge on any atom is -0.356 e. The van der Waals surface area contributed by atoms with E-state index in [9.17, 15) is 9.59 Å². The maximum absolute atomic E-state index is 12.0. The van der Waals surface area contributed by atoms with Crippen LogP contribution in [-0.4, -0.2) is 38.0 Å². The number of hydrogen-bond acceptors (Lipinski definition) is 3. The summed E-state index contributed by atoms with van der Waals surface area (Å²) in [5.41, 5.74) is 0. The summed E-state index contributed by atoms with van der Waals surface area (Å²) in [4.78, 5) is 23.7. The molecule has 5 nitrogen and oxygen atoms in total. The van der Waals surface area contributed by atoms with Crippen molar-refractivity contribution in [1.29, 1.82) is 0 Å². The molecule has 1 atom stereocenters. The zero-order valence-electron chi connectivity index (χ0n) is 12.8. The van der Waals surface area contributed by atoms with Gasteiger partial charge in [-0.1, -0.05) is 19.3 Å². The first-order valence-electron chi connectivity index (χ1n) is 7.85. The van der Waals surface area contributed by atoms with Gasteiger partial charge in [0.05, 0.1) is 0 Å². The molecule has 0 bridgehead atoms. The molecule has 1 aliphatic rings. The first kappa shape index (κ1) is 17.0. The lowest BCUT2D eigenvalue weighted by Gasteiger charge is -2.23. The molecule has 5 heteroatoms. The number of nitrogens with one attached hydrogen (secondary N) is 3. The summed E-state index contributed by atoms with van der Waals surface area (Å²) in [5, 5.41) is 8.88. The van der Waals surface area contributed by atoms with Gasteiger partial charge in [0.15, 0.2) is 0 Å². The van der Waals surface area contributed by atoms with E-state index in [0.717, 1.165) is 38.6 Å². The predicted molar refractivity (Wildman–Crippen MR) is 80.4 cm³/mol. The summed E-state index contributed by atoms with van der Waals surface area (Å²) >= 11 is 0. The van der Waals surface area contributed by atoms with Gasteiger partial charge in [-0.3, -0.25) is 9.59 Å². The van der Waals surface area contributed by atoms with E-state index >= 15 is 0 Å². The van der Waals surface area contributed by atoms with E-state index in [2.05, 4.69) is 16.0 Å². The van der Waals surface area contributed by atoms with Gasteiger partial charge in [0.25, 0.3) is 0 Å². The average Bonchev–Trinajstić information content (AvgIpc) is 2.44. The molecule has 1 saturated carbocycles. The molecule has 3 N–H and O–H groups in total. The van der Waals surface area contributed by atoms with Crippen LogP contribution in [0.4, 0.5) is 0 Å². The second kappa shape index (κ2) is 9.75. The number of rotatable bonds is 8. The van der Waals surface area contributed by atoms with Gasteiger partial charge in [-0.25, -0.2) is 0 Å². The van der Waals surface area contributed by atoms with Crippen molar-refractivity contribution < 1.29 is 9.59 Å². The summed E-state index contributed by atoms with van der Waals surface area (Å²) in [7, 11) is 1.89. The minimum atomic E-state index is -0.0891. The number of carbonyl (C=O) groups excluding carboxylic acids is 2. The molecule has 0 saturated heterocycles. The van der Waals surface area contributed by atoms with Gasteiger partial charge in [-0.05, 0) is 39.8 Å². The van der Waals surface area contributed by atoms with Crippen LogP contribution in [0.15, 0.2) is 0 Å². The lowest BCUT2D eigenvalue weighted by Crippen LogP contribution is -2.41. The van der Waals surface area contributed by atoms with Crippen LogP contribution in [-0.2, 0) is 9.59 Å². The van der Waals surface area contributed by atoms with Gasteiger partial charge in [0.1, 0.15) is 0 Å². The van der Waals surface area contributed by atoms with Crippen LogP contribution in [0.2, 0.25) is 0 Å². The van der Waals surface area contributed by atoms with Crippen molar-refractivity contribution in [3.8, 4) is 0 Å². The molecule has 0 aromatic heterocycles. The van der Waals surface area contributed by atoms with Gasteiger partial charge in [0.2, 0.25) is 11.8 Å². The number of hydrogen-bond donors (Lipinski definition) is 3. The third kappa shape index (κ3) is 6.89. The lowest BCUT2D eigenvalue weighted by molar-refractivity contribution is -0.127. The lowest BCUT2D eigenvalue weighted by atomic mass is 9.88. The highest BCUT2D eigenvalue weighted by atomic mass is 16.2. The van der Waals surface area contributed by atoms with Crippen molar-refractivity contribution in [2.45, 2.75) is 57.9 Å². The van der Waals surface area contributed by atoms with Gasteiger partial charge < -0.3 is 16.0 Å². The highest BCUT2D eigenvalue weighted by Gasteiger charge is 2.22. The van der Waals surface area contributed by atoms with E-state index in [1.807, 2.05) is 14.0 Å². The van der Waals surface area contributed by atoms with Crippen LogP contribution in [0.3, 0.4) is 0 Å². The number of carbonyl (C=O) groups is 2. The molecule has 0 radical (unpaired) electrons. The van der Waals surface area contributed by atoms with Gasteiger partial charge >= 0.3 is 0 Å². The zero-order chi connectivity index (χ0) is 14.8. The highest BCUT2D eigenvalue weighted by Crippen LogP contribution is 2.23. The zero-order valence-corrected chi connectivity index (χ0v) is 12.8. The molecule has 20 heavy (non-hydrogen) atoms. The van der Waals surface area contributed by atoms with Crippen LogP contribution in [0.1, 0.15) is 51.9 Å². The first-order chi connectivity index (χ1) is 9.63. The van der Waals surface area contributed by atoms with Crippen LogP contribution in [0, 0.1) is 5.92 Å². The van der Waals surface area contributed by atoms with E-state index in [-0.39, 0.29) is 23.8 Å². The topological polar surface area (TPSA) is 70.2 Å². The summed E-state index contributed by atoms with van der Waals surface area (Å²) in [6, 6.07) is -0.0891. The molecule has 0 aliphatic heterocycles. The highest BCUT2D eigenvalue weighted by molar-refractivity contribution is 5.81. The fraction of sp³-hybridized carbons (Fsp3) is 0.867. The Labute approximate surface area is 122 Å². The molecule has 0 spiro atoms. The standard InChI is InChI=1S/C15H29N3O2/c1-12(11-14(19)17-10-6-9-16-2)18-15(20)13-7-4-3-5-8-13/h12-13,16H,3-11H2,1-2H3,(H,17,19)(H,18,20). The second-order valence-electron chi connectivity index (χ2n) is 5.76. The fourth-order valence-electron chi connectivity index (χ4n) is 2.62. The monoisotopic (exact) mass is 283 g/mol. The first-order valence-corrected chi connectivity index (χ1v) is 7.85. The SMILES string of the molecule is CNCCCNC(=O)CC(C)NC(=O)C1CCCCC1. The average molecular weight is 283 g/mol. The molecular formula is C15H29N3O2. The molecule has 0 aromatic rings. The Hall–Kier alpha value is -1.10. The Balaban J connectivity index is 2.16. The van der Waals surface area contributed by atoms with E-state index < -0.39 is 0 Å². The third-order valence-electron chi connectivity index (χ3n) is 3.78. The maximum atomic E-state index is 12.0. The Morgan fingerprint density at radius 1 is 1.15 bits per heavy atom. The quantitative estimate of drug-likeness (QED) is 0.586. The molecule has 1 unspecified atom stereocenters. The Morgan fingerprint density at radius 2 is 1.85 bits per heavy atom. The molecule has 0 heterocycles. The predicted octanol–water partition coefficient (Wildman–Crippen LogP) is 1.19. The van der Waals surface area contributed by atoms with Crippen LogP contribution in [0.5, 0.6) is 0 Å². The molecule has 1 rings (SSSR count). The summed E-state index contributed by atoms with van der Waals surface area (Å²) in [6.45, 7) is 3.48. The third-order valence-corrected chi connectivity index (χ3v) is 3.78. The van der Waals surface area contributed by atoms with Crippen LogP contribution < -0.4 is 16.0 Å². The van der Waals surface area contributed by atoms with Gasteiger partial charge in [-0.15, -0.1) is 0 Å². The van der Waals surface area contributed by atoms with E-state index in [1.165, 1.54) is 6.42 Å². The van der Waals surface area contributed by atoms with Crippen LogP contribution >= 0.6 is 0 Å². The minimum absolute atomic E-state index is 0.0116. The molecule has 1 fully saturated rings. The van der Waals surface area contributed by atoms with Crippen molar-refractivity contribution >= 4 is 11.8 Å². The molecular weight excluding hydrogens is 254 g/mol. The largest absolute Gasteiger partial charge is 0.356 e. The van der Waals surface area contributed by atoms with E-state index in [0.29, 0.717) is 13.0 Å². The Morgan fingerprint density at radius 3 is 2.50 bits per heavy atom. The summed E-state index contributed by atoms with van der Waals surface area (Å²) in [6.07, 6.45) is 6.82. The molecule has 2 amide bonds. The Kier molecular flexibility index (Phi) is 8.26. The maximum Gasteiger partial charge on any atom is 0.223 e. The van der Waals surface area contributed by atoms with E-state index in [1.54, 1.807) is 0 Å². The summed E-state index contributed by atoms with van der Waals surface area (Å²) < 4.78 is 0. The van der Waals surface area contributed by atoms with Crippen molar-refractivity contribution in [3.63, 3.8) is 0 Å². The van der Waals surface area contributed by atoms with Crippen molar-refractivity contribution in [3.05, 3.63) is 0 Å². The number of amides is 2. The summed E-state index contributed by atoms with van der Waals surface area (Å²) in [5.74, 6) is 0.294. The van der Waals surface area contributed by atoms with Gasteiger partial charge in [-0.2, -0.15) is 0 Å². The Bertz CT molecular complexity index is 301. The van der Waals surface area contributed by atoms with Gasteiger partial charge in [0, 0.05) is 24.9 Å². The molecule has 0 aromatic carbocycles. The van der Waals surface area contributed by atoms with E-state index in [4.69, 9.17) is 0 Å². The van der Waals surface area contributed by atoms with Crippen molar-refractivity contribution in [2.75, 3.05) is 20.1 Å². The normalized spacial score (nSPS) is 17.5.